The maximum Gasteiger partial charge on any atom is 0.0330 e. The van der Waals surface area contributed by atoms with Gasteiger partial charge in [0, 0.05) is 23.5 Å². The van der Waals surface area contributed by atoms with E-state index in [1.165, 1.54) is 24.1 Å². The average Bonchev–Trinajstić information content (AvgIpc) is 2.84. The van der Waals surface area contributed by atoms with Crippen molar-refractivity contribution < 1.29 is 0 Å². The van der Waals surface area contributed by atoms with Crippen molar-refractivity contribution >= 4 is 11.3 Å². The zero-order valence-corrected chi connectivity index (χ0v) is 12.2. The predicted molar refractivity (Wildman–Crippen MR) is 77.4 cm³/mol. The van der Waals surface area contributed by atoms with Gasteiger partial charge in [0.25, 0.3) is 0 Å². The molecule has 0 saturated heterocycles. The molecule has 0 radical (unpaired) electrons. The zero-order valence-electron chi connectivity index (χ0n) is 11.4. The molecule has 3 heteroatoms. The van der Waals surface area contributed by atoms with Crippen LogP contribution in [0.4, 0.5) is 0 Å². The van der Waals surface area contributed by atoms with Crippen molar-refractivity contribution in [2.75, 3.05) is 13.6 Å². The number of hydrogen-bond acceptors (Lipinski definition) is 3. The smallest absolute Gasteiger partial charge is 0.0330 e. The number of unbranched alkanes of at least 4 members (excludes halogenated alkanes) is 1. The summed E-state index contributed by atoms with van der Waals surface area (Å²) in [5.74, 6) is 0. The van der Waals surface area contributed by atoms with Crippen molar-refractivity contribution in [3.05, 3.63) is 22.4 Å². The molecule has 1 rings (SSSR count). The van der Waals surface area contributed by atoms with Gasteiger partial charge in [-0.15, -0.1) is 11.3 Å². The summed E-state index contributed by atoms with van der Waals surface area (Å²) in [6, 6.07) is 4.33. The van der Waals surface area contributed by atoms with Gasteiger partial charge < -0.3 is 5.73 Å². The summed E-state index contributed by atoms with van der Waals surface area (Å²) in [6.07, 6.45) is 4.85. The van der Waals surface area contributed by atoms with E-state index >= 15 is 0 Å². The van der Waals surface area contributed by atoms with Crippen LogP contribution in [0.3, 0.4) is 0 Å². The Hall–Kier alpha value is -0.380. The normalized spacial score (nSPS) is 15.1. The predicted octanol–water partition coefficient (Wildman–Crippen LogP) is 3.48. The number of nitrogens with zero attached hydrogens (tertiary/aromatic N) is 1. The second kappa shape index (κ2) is 7.14. The minimum Gasteiger partial charge on any atom is -0.329 e. The molecule has 1 heterocycles. The van der Waals surface area contributed by atoms with Crippen LogP contribution in [0.1, 0.15) is 44.4 Å². The summed E-state index contributed by atoms with van der Waals surface area (Å²) in [4.78, 5) is 3.88. The number of likely N-dealkylation sites (N-methyl/N-ethyl adjacent to an activating group) is 1. The number of nitrogens with two attached hydrogens (primary N) is 1. The van der Waals surface area contributed by atoms with Crippen LogP contribution in [0, 0.1) is 0 Å². The topological polar surface area (TPSA) is 29.3 Å². The largest absolute Gasteiger partial charge is 0.329 e. The standard InChI is InChI=1S/C14H26N2S/c1-4-6-9-14(5-2,12-15)16(3)11-13-8-7-10-17-13/h7-8,10H,4-6,9,11-12,15H2,1-3H3. The summed E-state index contributed by atoms with van der Waals surface area (Å²) in [6.45, 7) is 6.28. The minimum atomic E-state index is 0.181. The van der Waals surface area contributed by atoms with E-state index in [1.54, 1.807) is 0 Å². The molecular formula is C14H26N2S. The van der Waals surface area contributed by atoms with Gasteiger partial charge in [0.2, 0.25) is 0 Å². The van der Waals surface area contributed by atoms with E-state index in [0.717, 1.165) is 19.5 Å². The van der Waals surface area contributed by atoms with Crippen LogP contribution in [-0.4, -0.2) is 24.0 Å². The summed E-state index contributed by atoms with van der Waals surface area (Å²) in [5.41, 5.74) is 6.23. The van der Waals surface area contributed by atoms with E-state index in [0.29, 0.717) is 0 Å². The quantitative estimate of drug-likeness (QED) is 0.769. The number of thiophene rings is 1. The van der Waals surface area contributed by atoms with Crippen LogP contribution >= 0.6 is 11.3 Å². The van der Waals surface area contributed by atoms with Gasteiger partial charge in [-0.2, -0.15) is 0 Å². The fourth-order valence-electron chi connectivity index (χ4n) is 2.35. The first-order valence-corrected chi connectivity index (χ1v) is 7.50. The highest BCUT2D eigenvalue weighted by atomic mass is 32.1. The molecule has 1 atom stereocenters. The van der Waals surface area contributed by atoms with E-state index in [4.69, 9.17) is 5.73 Å². The van der Waals surface area contributed by atoms with E-state index in [2.05, 4.69) is 43.3 Å². The molecule has 2 nitrogen and oxygen atoms in total. The Kier molecular flexibility index (Phi) is 6.17. The van der Waals surface area contributed by atoms with Gasteiger partial charge in [0.05, 0.1) is 0 Å². The molecule has 0 aromatic carbocycles. The highest BCUT2D eigenvalue weighted by Crippen LogP contribution is 2.26. The fraction of sp³-hybridized carbons (Fsp3) is 0.714. The summed E-state index contributed by atoms with van der Waals surface area (Å²) in [5, 5.41) is 2.14. The zero-order chi connectivity index (χ0) is 12.7. The molecule has 1 aromatic rings. The lowest BCUT2D eigenvalue weighted by molar-refractivity contribution is 0.101. The Morgan fingerprint density at radius 3 is 2.65 bits per heavy atom. The molecule has 98 valence electrons. The van der Waals surface area contributed by atoms with Crippen molar-refractivity contribution in [1.82, 2.24) is 4.90 Å². The van der Waals surface area contributed by atoms with Crippen molar-refractivity contribution in [2.24, 2.45) is 5.73 Å². The molecule has 1 unspecified atom stereocenters. The third kappa shape index (κ3) is 3.80. The van der Waals surface area contributed by atoms with Crippen molar-refractivity contribution in [3.8, 4) is 0 Å². The Morgan fingerprint density at radius 2 is 2.18 bits per heavy atom. The van der Waals surface area contributed by atoms with Gasteiger partial charge >= 0.3 is 0 Å². The first-order chi connectivity index (χ1) is 8.18. The highest BCUT2D eigenvalue weighted by molar-refractivity contribution is 7.09. The Balaban J connectivity index is 2.68. The van der Waals surface area contributed by atoms with Crippen molar-refractivity contribution in [3.63, 3.8) is 0 Å². The van der Waals surface area contributed by atoms with Gasteiger partial charge in [0.1, 0.15) is 0 Å². The van der Waals surface area contributed by atoms with Crippen molar-refractivity contribution in [1.29, 1.82) is 0 Å². The summed E-state index contributed by atoms with van der Waals surface area (Å²) >= 11 is 1.83. The average molecular weight is 254 g/mol. The third-order valence-electron chi connectivity index (χ3n) is 3.82. The van der Waals surface area contributed by atoms with E-state index in [9.17, 15) is 0 Å². The third-order valence-corrected chi connectivity index (χ3v) is 4.68. The van der Waals surface area contributed by atoms with Gasteiger partial charge in [-0.1, -0.05) is 32.8 Å². The van der Waals surface area contributed by atoms with Crippen LogP contribution in [0.25, 0.3) is 0 Å². The van der Waals surface area contributed by atoms with Gasteiger partial charge in [0.15, 0.2) is 0 Å². The summed E-state index contributed by atoms with van der Waals surface area (Å²) < 4.78 is 0. The lowest BCUT2D eigenvalue weighted by Crippen LogP contribution is -2.51. The fourth-order valence-corrected chi connectivity index (χ4v) is 3.11. The molecule has 0 fully saturated rings. The van der Waals surface area contributed by atoms with E-state index in [1.807, 2.05) is 11.3 Å². The number of rotatable bonds is 8. The maximum absolute atomic E-state index is 6.05. The SMILES string of the molecule is CCCCC(CC)(CN)N(C)Cc1cccs1. The molecule has 0 bridgehead atoms. The van der Waals surface area contributed by atoms with Crippen molar-refractivity contribution in [2.45, 2.75) is 51.6 Å². The highest BCUT2D eigenvalue weighted by Gasteiger charge is 2.30. The molecule has 0 aliphatic carbocycles. The molecule has 0 amide bonds. The van der Waals surface area contributed by atoms with Crippen LogP contribution in [-0.2, 0) is 6.54 Å². The maximum atomic E-state index is 6.05. The van der Waals surface area contributed by atoms with Crippen LogP contribution in [0.2, 0.25) is 0 Å². The molecule has 1 aromatic heterocycles. The minimum absolute atomic E-state index is 0.181. The van der Waals surface area contributed by atoms with Crippen LogP contribution < -0.4 is 5.73 Å². The summed E-state index contributed by atoms with van der Waals surface area (Å²) in [7, 11) is 2.21. The van der Waals surface area contributed by atoms with Crippen LogP contribution in [0.15, 0.2) is 17.5 Å². The molecule has 0 aliphatic heterocycles. The lowest BCUT2D eigenvalue weighted by atomic mass is 9.88. The van der Waals surface area contributed by atoms with E-state index in [-0.39, 0.29) is 5.54 Å². The van der Waals surface area contributed by atoms with E-state index < -0.39 is 0 Å². The monoisotopic (exact) mass is 254 g/mol. The first-order valence-electron chi connectivity index (χ1n) is 6.62. The second-order valence-electron chi connectivity index (χ2n) is 4.82. The molecule has 2 N–H and O–H groups in total. The second-order valence-corrected chi connectivity index (χ2v) is 5.85. The Morgan fingerprint density at radius 1 is 1.41 bits per heavy atom. The first kappa shape index (κ1) is 14.7. The molecular weight excluding hydrogens is 228 g/mol. The van der Waals surface area contributed by atoms with Crippen LogP contribution in [0.5, 0.6) is 0 Å². The molecule has 0 saturated carbocycles. The van der Waals surface area contributed by atoms with Gasteiger partial charge in [-0.05, 0) is 31.3 Å². The Bertz CT molecular complexity index is 291. The molecule has 0 spiro atoms. The van der Waals surface area contributed by atoms with Gasteiger partial charge in [-0.3, -0.25) is 4.90 Å². The Labute approximate surface area is 110 Å². The molecule has 0 aliphatic rings. The van der Waals surface area contributed by atoms with Gasteiger partial charge in [-0.25, -0.2) is 0 Å². The number of hydrogen-bond donors (Lipinski definition) is 1. The lowest BCUT2D eigenvalue weighted by Gasteiger charge is -2.40. The molecule has 17 heavy (non-hydrogen) atoms.